The number of hydrogen-bond acceptors (Lipinski definition) is 6. The van der Waals surface area contributed by atoms with Crippen LogP contribution in [0.5, 0.6) is 0 Å². The molecule has 0 saturated carbocycles. The van der Waals surface area contributed by atoms with Gasteiger partial charge in [0.15, 0.2) is 0 Å². The molecule has 3 heterocycles. The summed E-state index contributed by atoms with van der Waals surface area (Å²) in [4.78, 5) is 16.6. The van der Waals surface area contributed by atoms with Crippen LogP contribution in [0.15, 0.2) is 40.4 Å². The van der Waals surface area contributed by atoms with Crippen LogP contribution in [0.2, 0.25) is 0 Å². The van der Waals surface area contributed by atoms with Crippen molar-refractivity contribution in [2.24, 2.45) is 0 Å². The summed E-state index contributed by atoms with van der Waals surface area (Å²) in [5, 5.41) is 25.8. The van der Waals surface area contributed by atoms with Crippen molar-refractivity contribution in [3.8, 4) is 11.3 Å². The van der Waals surface area contributed by atoms with E-state index in [0.29, 0.717) is 17.1 Å². The summed E-state index contributed by atoms with van der Waals surface area (Å²) in [5.74, 6) is 0. The molecule has 0 saturated heterocycles. The van der Waals surface area contributed by atoms with E-state index in [9.17, 15) is 15.2 Å². The lowest BCUT2D eigenvalue weighted by Gasteiger charge is -2.14. The van der Waals surface area contributed by atoms with E-state index in [2.05, 4.69) is 10.1 Å². The SMILES string of the molecule is O=[N+]([O-])c1ccc2c3c(nn2CCO)-c2cnccc2Sc13. The van der Waals surface area contributed by atoms with Crippen molar-refractivity contribution in [1.29, 1.82) is 0 Å². The third-order valence-electron chi connectivity index (χ3n) is 3.61. The molecule has 1 N–H and O–H groups in total. The number of benzene rings is 1. The van der Waals surface area contributed by atoms with E-state index in [1.165, 1.54) is 17.8 Å². The zero-order valence-electron chi connectivity index (χ0n) is 11.3. The summed E-state index contributed by atoms with van der Waals surface area (Å²) in [6.07, 6.45) is 3.38. The Morgan fingerprint density at radius 1 is 1.36 bits per heavy atom. The molecule has 0 amide bonds. The van der Waals surface area contributed by atoms with Gasteiger partial charge in [-0.3, -0.25) is 19.8 Å². The Kier molecular flexibility index (Phi) is 2.88. The lowest BCUT2D eigenvalue weighted by atomic mass is 10.1. The van der Waals surface area contributed by atoms with Gasteiger partial charge in [0.2, 0.25) is 0 Å². The molecule has 7 nitrogen and oxygen atoms in total. The number of fused-ring (bicyclic) bond motifs is 2. The number of nitro benzene ring substituents is 1. The molecule has 0 atom stereocenters. The zero-order chi connectivity index (χ0) is 15.3. The molecule has 0 radical (unpaired) electrons. The minimum Gasteiger partial charge on any atom is -0.394 e. The fraction of sp³-hybridized carbons (Fsp3) is 0.143. The first-order valence-electron chi connectivity index (χ1n) is 6.61. The number of aliphatic hydroxyl groups excluding tert-OH is 1. The normalized spacial score (nSPS) is 12.4. The summed E-state index contributed by atoms with van der Waals surface area (Å²) in [6, 6.07) is 5.01. The molecule has 3 aromatic rings. The van der Waals surface area contributed by atoms with Crippen LogP contribution in [0.25, 0.3) is 22.2 Å². The molecule has 2 aromatic heterocycles. The first-order chi connectivity index (χ1) is 10.7. The van der Waals surface area contributed by atoms with Crippen molar-refractivity contribution in [3.63, 3.8) is 0 Å². The Morgan fingerprint density at radius 3 is 3.00 bits per heavy atom. The van der Waals surface area contributed by atoms with E-state index < -0.39 is 0 Å². The molecule has 110 valence electrons. The van der Waals surface area contributed by atoms with Gasteiger partial charge in [-0.05, 0) is 12.1 Å². The van der Waals surface area contributed by atoms with Crippen LogP contribution in [0, 0.1) is 10.1 Å². The third kappa shape index (κ3) is 1.74. The highest BCUT2D eigenvalue weighted by Gasteiger charge is 2.29. The van der Waals surface area contributed by atoms with Crippen LogP contribution >= 0.6 is 11.8 Å². The van der Waals surface area contributed by atoms with Gasteiger partial charge in [0.25, 0.3) is 5.69 Å². The van der Waals surface area contributed by atoms with E-state index in [-0.39, 0.29) is 17.2 Å². The molecule has 0 aliphatic carbocycles. The Hall–Kier alpha value is -2.45. The summed E-state index contributed by atoms with van der Waals surface area (Å²) in [5.41, 5.74) is 2.41. The molecule has 0 bridgehead atoms. The molecular formula is C14H10N4O3S. The zero-order valence-corrected chi connectivity index (χ0v) is 12.1. The van der Waals surface area contributed by atoms with Gasteiger partial charge < -0.3 is 5.11 Å². The van der Waals surface area contributed by atoms with Gasteiger partial charge in [0, 0.05) is 34.3 Å². The Balaban J connectivity index is 2.12. The first kappa shape index (κ1) is 13.2. The lowest BCUT2D eigenvalue weighted by Crippen LogP contribution is -2.03. The number of rotatable bonds is 3. The van der Waals surface area contributed by atoms with Crippen molar-refractivity contribution in [3.05, 3.63) is 40.7 Å². The molecule has 0 fully saturated rings. The van der Waals surface area contributed by atoms with E-state index in [4.69, 9.17) is 0 Å². The standard InChI is InChI=1S/C14H10N4O3S/c19-6-5-17-9-1-2-10(18(20)21)14-12(9)13(16-17)8-7-15-4-3-11(8)22-14/h1-4,7,19H,5-6H2. The number of pyridine rings is 1. The number of nitrogens with zero attached hydrogens (tertiary/aromatic N) is 4. The fourth-order valence-corrected chi connectivity index (χ4v) is 3.85. The van der Waals surface area contributed by atoms with Crippen molar-refractivity contribution in [2.75, 3.05) is 6.61 Å². The maximum absolute atomic E-state index is 11.3. The second-order valence-electron chi connectivity index (χ2n) is 4.83. The third-order valence-corrected chi connectivity index (χ3v) is 4.80. The fourth-order valence-electron chi connectivity index (χ4n) is 2.69. The molecule has 0 unspecified atom stereocenters. The van der Waals surface area contributed by atoms with E-state index in [1.54, 1.807) is 23.1 Å². The number of hydrogen-bond donors (Lipinski definition) is 1. The predicted molar refractivity (Wildman–Crippen MR) is 80.8 cm³/mol. The maximum Gasteiger partial charge on any atom is 0.284 e. The van der Waals surface area contributed by atoms with Gasteiger partial charge in [0.1, 0.15) is 10.6 Å². The summed E-state index contributed by atoms with van der Waals surface area (Å²) >= 11 is 1.36. The highest BCUT2D eigenvalue weighted by atomic mass is 32.2. The molecule has 8 heteroatoms. The van der Waals surface area contributed by atoms with Gasteiger partial charge in [-0.2, -0.15) is 5.10 Å². The van der Waals surface area contributed by atoms with Crippen LogP contribution in [0.1, 0.15) is 0 Å². The highest BCUT2D eigenvalue weighted by Crippen LogP contribution is 2.50. The highest BCUT2D eigenvalue weighted by molar-refractivity contribution is 8.00. The molecule has 22 heavy (non-hydrogen) atoms. The monoisotopic (exact) mass is 314 g/mol. The number of aliphatic hydroxyl groups is 1. The van der Waals surface area contributed by atoms with Crippen LogP contribution in [-0.2, 0) is 6.54 Å². The quantitative estimate of drug-likeness (QED) is 0.461. The second-order valence-corrected chi connectivity index (χ2v) is 5.89. The van der Waals surface area contributed by atoms with Crippen LogP contribution < -0.4 is 0 Å². The van der Waals surface area contributed by atoms with Gasteiger partial charge in [-0.1, -0.05) is 11.8 Å². The van der Waals surface area contributed by atoms with Gasteiger partial charge in [0.05, 0.1) is 23.6 Å². The van der Waals surface area contributed by atoms with Gasteiger partial charge in [-0.15, -0.1) is 0 Å². The summed E-state index contributed by atoms with van der Waals surface area (Å²) in [7, 11) is 0. The molecule has 0 spiro atoms. The predicted octanol–water partition coefficient (Wildman–Crippen LogP) is 2.46. The second kappa shape index (κ2) is 4.79. The van der Waals surface area contributed by atoms with Crippen molar-refractivity contribution in [2.45, 2.75) is 16.3 Å². The van der Waals surface area contributed by atoms with E-state index >= 15 is 0 Å². The average molecular weight is 314 g/mol. The molecule has 1 aliphatic heterocycles. The largest absolute Gasteiger partial charge is 0.394 e. The molecule has 4 rings (SSSR count). The van der Waals surface area contributed by atoms with Gasteiger partial charge >= 0.3 is 0 Å². The minimum absolute atomic E-state index is 0.0461. The topological polar surface area (TPSA) is 94.1 Å². The Labute approximate surface area is 128 Å². The van der Waals surface area contributed by atoms with Crippen LogP contribution in [0.4, 0.5) is 5.69 Å². The van der Waals surface area contributed by atoms with Crippen molar-refractivity contribution >= 4 is 28.4 Å². The summed E-state index contributed by atoms with van der Waals surface area (Å²) in [6.45, 7) is 0.295. The molecule has 1 aromatic carbocycles. The maximum atomic E-state index is 11.3. The number of nitro groups is 1. The Morgan fingerprint density at radius 2 is 2.23 bits per heavy atom. The molecular weight excluding hydrogens is 304 g/mol. The van der Waals surface area contributed by atoms with Crippen LogP contribution in [-0.4, -0.2) is 31.4 Å². The van der Waals surface area contributed by atoms with E-state index in [0.717, 1.165) is 21.4 Å². The van der Waals surface area contributed by atoms with Crippen molar-refractivity contribution in [1.82, 2.24) is 14.8 Å². The minimum atomic E-state index is -0.374. The number of aromatic nitrogens is 3. The average Bonchev–Trinajstić information content (AvgIpc) is 2.88. The first-order valence-corrected chi connectivity index (χ1v) is 7.43. The lowest BCUT2D eigenvalue weighted by molar-refractivity contribution is -0.387. The van der Waals surface area contributed by atoms with Crippen LogP contribution in [0.3, 0.4) is 0 Å². The smallest absolute Gasteiger partial charge is 0.284 e. The van der Waals surface area contributed by atoms with E-state index in [1.807, 2.05) is 6.07 Å². The van der Waals surface area contributed by atoms with Gasteiger partial charge in [-0.25, -0.2) is 0 Å². The van der Waals surface area contributed by atoms with Crippen molar-refractivity contribution < 1.29 is 10.0 Å². The molecule has 1 aliphatic rings. The Bertz CT molecular complexity index is 922. The summed E-state index contributed by atoms with van der Waals surface area (Å²) < 4.78 is 1.68.